The van der Waals surface area contributed by atoms with Gasteiger partial charge in [-0.15, -0.1) is 0 Å². The maximum atomic E-state index is 11.5. The summed E-state index contributed by atoms with van der Waals surface area (Å²) in [5, 5.41) is 0. The summed E-state index contributed by atoms with van der Waals surface area (Å²) in [5.74, 6) is 0.179. The fourth-order valence-corrected chi connectivity index (χ4v) is 3.19. The first-order valence-corrected chi connectivity index (χ1v) is 7.00. The number of benzene rings is 1. The fourth-order valence-electron chi connectivity index (χ4n) is 3.19. The van der Waals surface area contributed by atoms with Crippen LogP contribution in [0.5, 0.6) is 0 Å². The van der Waals surface area contributed by atoms with Crippen LogP contribution in [-0.2, 0) is 4.79 Å². The Hall–Kier alpha value is -1.51. The van der Waals surface area contributed by atoms with Crippen LogP contribution < -0.4 is 4.90 Å². The van der Waals surface area contributed by atoms with Crippen LogP contribution in [0.4, 0.5) is 5.69 Å². The van der Waals surface area contributed by atoms with Crippen molar-refractivity contribution in [2.75, 3.05) is 18.0 Å². The summed E-state index contributed by atoms with van der Waals surface area (Å²) < 4.78 is 0. The van der Waals surface area contributed by atoms with E-state index in [0.717, 1.165) is 13.1 Å². The lowest BCUT2D eigenvalue weighted by atomic mass is 10.0. The number of piperazine rings is 1. The maximum Gasteiger partial charge on any atom is 0.219 e. The van der Waals surface area contributed by atoms with E-state index in [0.29, 0.717) is 12.1 Å². The molecule has 3 nitrogen and oxygen atoms in total. The molecule has 0 aliphatic carbocycles. The molecule has 0 N–H and O–H groups in total. The summed E-state index contributed by atoms with van der Waals surface area (Å²) in [5.41, 5.74) is 3.87. The summed E-state index contributed by atoms with van der Waals surface area (Å²) >= 11 is 0. The van der Waals surface area contributed by atoms with Gasteiger partial charge in [0.2, 0.25) is 5.91 Å². The van der Waals surface area contributed by atoms with E-state index >= 15 is 0 Å². The van der Waals surface area contributed by atoms with Crippen LogP contribution >= 0.6 is 0 Å². The van der Waals surface area contributed by atoms with Gasteiger partial charge in [-0.1, -0.05) is 6.07 Å². The van der Waals surface area contributed by atoms with Crippen LogP contribution in [-0.4, -0.2) is 36.0 Å². The number of hydrogen-bond acceptors (Lipinski definition) is 2. The van der Waals surface area contributed by atoms with Gasteiger partial charge in [0.1, 0.15) is 0 Å². The number of amides is 1. The molecule has 1 aromatic rings. The van der Waals surface area contributed by atoms with Crippen molar-refractivity contribution in [3.8, 4) is 0 Å². The molecule has 0 spiro atoms. The van der Waals surface area contributed by atoms with Crippen molar-refractivity contribution >= 4 is 11.6 Å². The molecule has 1 amide bonds. The number of rotatable bonds is 1. The smallest absolute Gasteiger partial charge is 0.219 e. The number of hydrogen-bond donors (Lipinski definition) is 0. The second-order valence-electron chi connectivity index (χ2n) is 5.88. The molecule has 2 atom stereocenters. The molecule has 0 aromatic heterocycles. The highest BCUT2D eigenvalue weighted by molar-refractivity contribution is 5.74. The van der Waals surface area contributed by atoms with Crippen molar-refractivity contribution < 1.29 is 4.79 Å². The molecular weight excluding hydrogens is 236 g/mol. The molecular formula is C16H24N2O. The van der Waals surface area contributed by atoms with Gasteiger partial charge in [0, 0.05) is 37.8 Å². The Kier molecular flexibility index (Phi) is 3.83. The lowest BCUT2D eigenvalue weighted by Crippen LogP contribution is -2.58. The lowest BCUT2D eigenvalue weighted by molar-refractivity contribution is -0.130. The zero-order valence-electron chi connectivity index (χ0n) is 12.6. The molecule has 19 heavy (non-hydrogen) atoms. The molecule has 1 aliphatic heterocycles. The Bertz CT molecular complexity index is 451. The predicted molar refractivity (Wildman–Crippen MR) is 79.6 cm³/mol. The van der Waals surface area contributed by atoms with E-state index in [1.165, 1.54) is 16.8 Å². The topological polar surface area (TPSA) is 23.6 Å². The summed E-state index contributed by atoms with van der Waals surface area (Å²) in [6, 6.07) is 7.39. The third kappa shape index (κ3) is 2.91. The van der Waals surface area contributed by atoms with E-state index in [-0.39, 0.29) is 5.91 Å². The van der Waals surface area contributed by atoms with Crippen molar-refractivity contribution in [3.63, 3.8) is 0 Å². The zero-order chi connectivity index (χ0) is 14.2. The van der Waals surface area contributed by atoms with Crippen molar-refractivity contribution in [2.45, 2.75) is 46.7 Å². The second kappa shape index (κ2) is 5.24. The Morgan fingerprint density at radius 1 is 1.05 bits per heavy atom. The SMILES string of the molecule is CC(=O)N1C[C@@H](C)N(c2cc(C)cc(C)c2)[C@@H](C)C1. The summed E-state index contributed by atoms with van der Waals surface area (Å²) in [4.78, 5) is 15.9. The molecule has 1 aliphatic rings. The Morgan fingerprint density at radius 2 is 1.53 bits per heavy atom. The van der Waals surface area contributed by atoms with Gasteiger partial charge in [-0.2, -0.15) is 0 Å². The molecule has 1 heterocycles. The maximum absolute atomic E-state index is 11.5. The first-order valence-electron chi connectivity index (χ1n) is 7.00. The van der Waals surface area contributed by atoms with Gasteiger partial charge >= 0.3 is 0 Å². The Morgan fingerprint density at radius 3 is 1.95 bits per heavy atom. The minimum absolute atomic E-state index is 0.179. The Labute approximate surface area is 116 Å². The molecule has 1 saturated heterocycles. The molecule has 104 valence electrons. The van der Waals surface area contributed by atoms with Crippen LogP contribution in [0.1, 0.15) is 31.9 Å². The van der Waals surface area contributed by atoms with E-state index in [1.807, 2.05) is 4.90 Å². The third-order valence-corrected chi connectivity index (χ3v) is 3.87. The standard InChI is InChI=1S/C16H24N2O/c1-11-6-12(2)8-16(7-11)18-13(3)9-17(15(5)19)10-14(18)4/h6-8,13-14H,9-10H2,1-5H3/t13-,14+. The number of carbonyl (C=O) groups excluding carboxylic acids is 1. The monoisotopic (exact) mass is 260 g/mol. The van der Waals surface area contributed by atoms with Crippen LogP contribution in [0.3, 0.4) is 0 Å². The van der Waals surface area contributed by atoms with Crippen molar-refractivity contribution in [3.05, 3.63) is 29.3 Å². The number of carbonyl (C=O) groups is 1. The van der Waals surface area contributed by atoms with Crippen LogP contribution in [0.25, 0.3) is 0 Å². The molecule has 0 saturated carbocycles. The van der Waals surface area contributed by atoms with Gasteiger partial charge in [0.25, 0.3) is 0 Å². The van der Waals surface area contributed by atoms with Gasteiger partial charge in [-0.3, -0.25) is 4.79 Å². The van der Waals surface area contributed by atoms with Crippen molar-refractivity contribution in [1.29, 1.82) is 0 Å². The van der Waals surface area contributed by atoms with Crippen LogP contribution in [0, 0.1) is 13.8 Å². The largest absolute Gasteiger partial charge is 0.363 e. The minimum Gasteiger partial charge on any atom is -0.363 e. The first kappa shape index (κ1) is 13.9. The van der Waals surface area contributed by atoms with E-state index in [9.17, 15) is 4.79 Å². The molecule has 0 radical (unpaired) electrons. The second-order valence-corrected chi connectivity index (χ2v) is 5.88. The van der Waals surface area contributed by atoms with Crippen LogP contribution in [0.2, 0.25) is 0 Å². The molecule has 1 fully saturated rings. The average molecular weight is 260 g/mol. The zero-order valence-corrected chi connectivity index (χ0v) is 12.6. The summed E-state index contributed by atoms with van der Waals surface area (Å²) in [7, 11) is 0. The van der Waals surface area contributed by atoms with E-state index in [4.69, 9.17) is 0 Å². The lowest BCUT2D eigenvalue weighted by Gasteiger charge is -2.45. The summed E-state index contributed by atoms with van der Waals surface area (Å²) in [6.45, 7) is 12.0. The number of nitrogens with zero attached hydrogens (tertiary/aromatic N) is 2. The highest BCUT2D eigenvalue weighted by Gasteiger charge is 2.30. The normalized spacial score (nSPS) is 23.6. The first-order chi connectivity index (χ1) is 8.88. The van der Waals surface area contributed by atoms with E-state index in [2.05, 4.69) is 50.8 Å². The predicted octanol–water partition coefficient (Wildman–Crippen LogP) is 2.75. The highest BCUT2D eigenvalue weighted by Crippen LogP contribution is 2.26. The van der Waals surface area contributed by atoms with Crippen LogP contribution in [0.15, 0.2) is 18.2 Å². The van der Waals surface area contributed by atoms with Gasteiger partial charge in [0.05, 0.1) is 0 Å². The van der Waals surface area contributed by atoms with Gasteiger partial charge < -0.3 is 9.80 Å². The van der Waals surface area contributed by atoms with Crippen molar-refractivity contribution in [1.82, 2.24) is 4.90 Å². The quantitative estimate of drug-likeness (QED) is 0.775. The minimum atomic E-state index is 0.179. The van der Waals surface area contributed by atoms with E-state index < -0.39 is 0 Å². The fraction of sp³-hybridized carbons (Fsp3) is 0.562. The molecule has 3 heteroatoms. The molecule has 1 aromatic carbocycles. The summed E-state index contributed by atoms with van der Waals surface area (Å²) in [6.07, 6.45) is 0. The molecule has 0 bridgehead atoms. The highest BCUT2D eigenvalue weighted by atomic mass is 16.2. The number of aryl methyl sites for hydroxylation is 2. The van der Waals surface area contributed by atoms with Gasteiger partial charge in [0.15, 0.2) is 0 Å². The van der Waals surface area contributed by atoms with Gasteiger partial charge in [-0.25, -0.2) is 0 Å². The third-order valence-electron chi connectivity index (χ3n) is 3.87. The van der Waals surface area contributed by atoms with E-state index in [1.54, 1.807) is 6.92 Å². The Balaban J connectivity index is 2.27. The number of anilines is 1. The molecule has 0 unspecified atom stereocenters. The molecule has 2 rings (SSSR count). The van der Waals surface area contributed by atoms with Gasteiger partial charge in [-0.05, 0) is 51.0 Å². The average Bonchev–Trinajstić information content (AvgIpc) is 2.26. The van der Waals surface area contributed by atoms with Crippen molar-refractivity contribution in [2.24, 2.45) is 0 Å².